The second-order valence-corrected chi connectivity index (χ2v) is 17.9. The second-order valence-electron chi connectivity index (χ2n) is 14.1. The summed E-state index contributed by atoms with van der Waals surface area (Å²) in [6.07, 6.45) is 8.12. The highest BCUT2D eigenvalue weighted by atomic mass is 28.4. The van der Waals surface area contributed by atoms with Crippen LogP contribution in [0.5, 0.6) is 0 Å². The molecule has 0 bridgehead atoms. The molecule has 5 rings (SSSR count). The normalized spacial score (nSPS) is 22.1. The van der Waals surface area contributed by atoms with Gasteiger partial charge in [0.1, 0.15) is 0 Å². The Kier molecular flexibility index (Phi) is 10.9. The van der Waals surface area contributed by atoms with E-state index in [0.717, 1.165) is 12.8 Å². The number of nitrogen functional groups attached to an aromatic ring is 1. The molecule has 2 amide bonds. The van der Waals surface area contributed by atoms with Crippen molar-refractivity contribution in [2.24, 2.45) is 5.92 Å². The largest absolute Gasteiger partial charge is 0.399 e. The van der Waals surface area contributed by atoms with Crippen LogP contribution in [0.15, 0.2) is 72.0 Å². The average Bonchev–Trinajstić information content (AvgIpc) is 3.68. The summed E-state index contributed by atoms with van der Waals surface area (Å²) < 4.78 is 24.9. The standard InChI is InChI=1S/C37H49FN6O4Si/c1-24(2)8-7-9-25(3)16-20-44-32-15-14-29(40-35(46)27-10-12-28(39)13-11-27)22-31(32)37(36(44)47)26(4)34(49(5,6)38)33(48-37)17-19-43-23-30(18-21-45)41-42-43/h8,10-16,22-23,26,33-34,45H,7,9,17-21,39H2,1-6H3,(H,40,46)/b25-16+/t26-,33+,34-,37+/m1/s1. The highest BCUT2D eigenvalue weighted by Gasteiger charge is 2.66. The van der Waals surface area contributed by atoms with Crippen molar-refractivity contribution in [1.82, 2.24) is 15.0 Å². The van der Waals surface area contributed by atoms with Gasteiger partial charge in [0.15, 0.2) is 5.60 Å². The summed E-state index contributed by atoms with van der Waals surface area (Å²) in [5, 5.41) is 20.6. The van der Waals surface area contributed by atoms with Crippen LogP contribution in [0.4, 0.5) is 21.2 Å². The van der Waals surface area contributed by atoms with Crippen molar-refractivity contribution in [3.63, 3.8) is 0 Å². The molecule has 2 aliphatic rings. The van der Waals surface area contributed by atoms with Crippen LogP contribution in [0.2, 0.25) is 18.6 Å². The minimum atomic E-state index is -3.38. The van der Waals surface area contributed by atoms with Crippen molar-refractivity contribution in [3.8, 4) is 0 Å². The number of amides is 2. The van der Waals surface area contributed by atoms with Crippen LogP contribution >= 0.6 is 0 Å². The van der Waals surface area contributed by atoms with Gasteiger partial charge in [0.2, 0.25) is 8.41 Å². The number of benzene rings is 2. The molecular weight excluding hydrogens is 640 g/mol. The predicted octanol–water partition coefficient (Wildman–Crippen LogP) is 6.55. The van der Waals surface area contributed by atoms with Crippen molar-refractivity contribution in [2.45, 2.75) is 90.3 Å². The number of nitrogens with one attached hydrogen (secondary N) is 1. The quantitative estimate of drug-likeness (QED) is 0.0802. The molecule has 10 nitrogen and oxygen atoms in total. The average molecular weight is 689 g/mol. The second kappa shape index (κ2) is 14.8. The molecule has 12 heteroatoms. The molecule has 1 saturated heterocycles. The number of nitrogens with zero attached hydrogens (tertiary/aromatic N) is 4. The fourth-order valence-corrected chi connectivity index (χ4v) is 9.83. The summed E-state index contributed by atoms with van der Waals surface area (Å²) in [6, 6.07) is 12.1. The number of aryl methyl sites for hydroxylation is 1. The Morgan fingerprint density at radius 2 is 1.90 bits per heavy atom. The Hall–Kier alpha value is -4.13. The van der Waals surface area contributed by atoms with Crippen molar-refractivity contribution in [2.75, 3.05) is 29.1 Å². The number of aromatic nitrogens is 3. The van der Waals surface area contributed by atoms with Crippen LogP contribution in [0.1, 0.15) is 68.6 Å². The van der Waals surface area contributed by atoms with E-state index in [1.54, 1.807) is 59.2 Å². The van der Waals surface area contributed by atoms with Gasteiger partial charge in [0.05, 0.1) is 17.5 Å². The van der Waals surface area contributed by atoms with Gasteiger partial charge in [-0.1, -0.05) is 35.4 Å². The number of hydrogen-bond donors (Lipinski definition) is 3. The first-order valence-corrected chi connectivity index (χ1v) is 20.0. The zero-order valence-corrected chi connectivity index (χ0v) is 30.4. The maximum absolute atomic E-state index is 16.3. The highest BCUT2D eigenvalue weighted by Crippen LogP contribution is 2.60. The molecule has 49 heavy (non-hydrogen) atoms. The Bertz CT molecular complexity index is 1730. The monoisotopic (exact) mass is 688 g/mol. The van der Waals surface area contributed by atoms with Gasteiger partial charge in [-0.25, -0.2) is 0 Å². The maximum atomic E-state index is 16.3. The van der Waals surface area contributed by atoms with Crippen molar-refractivity contribution < 1.29 is 23.5 Å². The number of aliphatic hydroxyl groups excluding tert-OH is 1. The van der Waals surface area contributed by atoms with Gasteiger partial charge >= 0.3 is 0 Å². The minimum absolute atomic E-state index is 0.0290. The lowest BCUT2D eigenvalue weighted by Crippen LogP contribution is -2.45. The SMILES string of the molecule is CC(C)=CCC/C(C)=C/CN1C(=O)[C@@]2(O[C@@H](CCn3cc(CCO)nn3)[C@H]([Si](C)(C)F)[C@H]2C)c2cc(NC(=O)c3ccc(N)cc3)ccc21. The first-order valence-electron chi connectivity index (χ1n) is 17.0. The summed E-state index contributed by atoms with van der Waals surface area (Å²) in [4.78, 5) is 29.7. The van der Waals surface area contributed by atoms with Gasteiger partial charge in [-0.15, -0.1) is 5.10 Å². The van der Waals surface area contributed by atoms with Gasteiger partial charge in [-0.2, -0.15) is 0 Å². The molecule has 2 aromatic carbocycles. The fraction of sp³-hybridized carbons (Fsp3) is 0.459. The first-order chi connectivity index (χ1) is 23.2. The molecule has 3 heterocycles. The molecule has 4 N–H and O–H groups in total. The van der Waals surface area contributed by atoms with Crippen LogP contribution in [-0.4, -0.2) is 59.6 Å². The third-order valence-electron chi connectivity index (χ3n) is 9.70. The molecule has 262 valence electrons. The first kappa shape index (κ1) is 36.2. The molecule has 4 atom stereocenters. The van der Waals surface area contributed by atoms with E-state index in [1.807, 2.05) is 19.1 Å². The molecule has 0 unspecified atom stereocenters. The van der Waals surface area contributed by atoms with E-state index in [9.17, 15) is 14.7 Å². The van der Waals surface area contributed by atoms with Gasteiger partial charge in [0.25, 0.3) is 11.8 Å². The molecular formula is C37H49FN6O4Si. The van der Waals surface area contributed by atoms with Crippen LogP contribution < -0.4 is 16.0 Å². The van der Waals surface area contributed by atoms with E-state index in [4.69, 9.17) is 10.5 Å². The highest BCUT2D eigenvalue weighted by molar-refractivity contribution is 6.72. The number of carbonyl (C=O) groups excluding carboxylic acids is 2. The number of aliphatic hydroxyl groups is 1. The summed E-state index contributed by atoms with van der Waals surface area (Å²) in [7, 11) is -3.38. The van der Waals surface area contributed by atoms with Gasteiger partial charge in [-0.3, -0.25) is 14.3 Å². The zero-order valence-electron chi connectivity index (χ0n) is 29.4. The Morgan fingerprint density at radius 3 is 2.57 bits per heavy atom. The van der Waals surface area contributed by atoms with Crippen molar-refractivity contribution in [3.05, 3.63) is 88.8 Å². The third-order valence-corrected chi connectivity index (χ3v) is 12.2. The fourth-order valence-electron chi connectivity index (χ4n) is 7.29. The van der Waals surface area contributed by atoms with Crippen molar-refractivity contribution >= 4 is 37.3 Å². The van der Waals surface area contributed by atoms with E-state index in [0.29, 0.717) is 59.8 Å². The van der Waals surface area contributed by atoms with Crippen LogP contribution in [-0.2, 0) is 28.1 Å². The van der Waals surface area contributed by atoms with Crippen LogP contribution in [0, 0.1) is 5.92 Å². The third kappa shape index (κ3) is 7.71. The lowest BCUT2D eigenvalue weighted by atomic mass is 9.82. The molecule has 0 radical (unpaired) electrons. The van der Waals surface area contributed by atoms with Crippen LogP contribution in [0.3, 0.4) is 0 Å². The maximum Gasteiger partial charge on any atom is 0.264 e. The van der Waals surface area contributed by atoms with Gasteiger partial charge in [-0.05, 0) is 95.6 Å². The van der Waals surface area contributed by atoms with E-state index in [1.165, 1.54) is 11.1 Å². The number of nitrogens with two attached hydrogens (primary N) is 1. The lowest BCUT2D eigenvalue weighted by Gasteiger charge is -2.31. The number of ether oxygens (including phenoxy) is 1. The van der Waals surface area contributed by atoms with E-state index in [-0.39, 0.29) is 18.4 Å². The molecule has 1 aromatic heterocycles. The molecule has 0 aliphatic carbocycles. The number of carbonyl (C=O) groups is 2. The van der Waals surface area contributed by atoms with E-state index < -0.39 is 31.6 Å². The number of fused-ring (bicyclic) bond motifs is 2. The van der Waals surface area contributed by atoms with Gasteiger partial charge < -0.3 is 29.9 Å². The Morgan fingerprint density at radius 1 is 1.16 bits per heavy atom. The topological polar surface area (TPSA) is 136 Å². The zero-order chi connectivity index (χ0) is 35.5. The molecule has 3 aromatic rings. The Labute approximate surface area is 289 Å². The molecule has 2 aliphatic heterocycles. The number of halogens is 1. The molecule has 0 saturated carbocycles. The Balaban J connectivity index is 1.51. The van der Waals surface area contributed by atoms with Crippen LogP contribution in [0.25, 0.3) is 0 Å². The van der Waals surface area contributed by atoms with Crippen molar-refractivity contribution in [1.29, 1.82) is 0 Å². The van der Waals surface area contributed by atoms with E-state index >= 15 is 4.11 Å². The number of rotatable bonds is 13. The number of hydrogen-bond acceptors (Lipinski definition) is 7. The summed E-state index contributed by atoms with van der Waals surface area (Å²) >= 11 is 0. The minimum Gasteiger partial charge on any atom is -0.399 e. The summed E-state index contributed by atoms with van der Waals surface area (Å²) in [6.45, 7) is 12.3. The molecule has 1 spiro atoms. The van der Waals surface area contributed by atoms with E-state index in [2.05, 4.69) is 48.6 Å². The van der Waals surface area contributed by atoms with Gasteiger partial charge in [0, 0.05) is 66.3 Å². The number of anilines is 3. The smallest absolute Gasteiger partial charge is 0.264 e. The predicted molar refractivity (Wildman–Crippen MR) is 194 cm³/mol. The molecule has 1 fully saturated rings. The lowest BCUT2D eigenvalue weighted by molar-refractivity contribution is -0.145. The number of allylic oxidation sites excluding steroid dienone is 3. The summed E-state index contributed by atoms with van der Waals surface area (Å²) in [5.74, 6) is -1.01. The summed E-state index contributed by atoms with van der Waals surface area (Å²) in [5.41, 5.74) is 9.84.